The van der Waals surface area contributed by atoms with E-state index < -0.39 is 5.97 Å². The maximum absolute atomic E-state index is 11.2. The summed E-state index contributed by atoms with van der Waals surface area (Å²) in [5, 5.41) is 0. The van der Waals surface area contributed by atoms with E-state index in [0.29, 0.717) is 13.2 Å². The van der Waals surface area contributed by atoms with Crippen molar-refractivity contribution in [2.45, 2.75) is 32.6 Å². The Morgan fingerprint density at radius 1 is 1.33 bits per heavy atom. The van der Waals surface area contributed by atoms with Gasteiger partial charge in [0.15, 0.2) is 5.78 Å². The third-order valence-electron chi connectivity index (χ3n) is 2.28. The molecular weight excluding hydrogens is 196 g/mol. The van der Waals surface area contributed by atoms with Gasteiger partial charge in [-0.25, -0.2) is 0 Å². The molecule has 0 aliphatic heterocycles. The number of hydrogen-bond donors (Lipinski definition) is 0. The minimum absolute atomic E-state index is 0.0333. The van der Waals surface area contributed by atoms with Gasteiger partial charge in [0.05, 0.1) is 6.61 Å². The van der Waals surface area contributed by atoms with E-state index in [4.69, 9.17) is 4.74 Å². The third kappa shape index (κ3) is 6.23. The maximum atomic E-state index is 11.2. The van der Waals surface area contributed by atoms with Gasteiger partial charge in [0.25, 0.3) is 0 Å². The quantitative estimate of drug-likeness (QED) is 0.347. The van der Waals surface area contributed by atoms with E-state index in [9.17, 15) is 9.59 Å². The van der Waals surface area contributed by atoms with Crippen LogP contribution in [0.4, 0.5) is 0 Å². The Morgan fingerprint density at radius 2 is 2.07 bits per heavy atom. The van der Waals surface area contributed by atoms with Gasteiger partial charge < -0.3 is 9.47 Å². The highest BCUT2D eigenvalue weighted by Gasteiger charge is 2.20. The molecule has 0 amide bonds. The standard InChI is InChI=1S/C11H18O4/c1-2-15-11(13)7-10(12)8-14-6-5-9-3-4-9/h9H,2-8H2,1H3. The fraction of sp³-hybridized carbons (Fsp3) is 0.818. The van der Waals surface area contributed by atoms with Gasteiger partial charge in [-0.3, -0.25) is 9.59 Å². The molecule has 0 atom stereocenters. The van der Waals surface area contributed by atoms with Gasteiger partial charge >= 0.3 is 5.97 Å². The van der Waals surface area contributed by atoms with Crippen molar-refractivity contribution < 1.29 is 19.1 Å². The zero-order chi connectivity index (χ0) is 11.1. The number of rotatable bonds is 8. The second-order valence-corrected chi connectivity index (χ2v) is 3.81. The first-order chi connectivity index (χ1) is 7.22. The highest BCUT2D eigenvalue weighted by Crippen LogP contribution is 2.31. The van der Waals surface area contributed by atoms with Gasteiger partial charge in [0, 0.05) is 6.61 Å². The van der Waals surface area contributed by atoms with Gasteiger partial charge in [-0.1, -0.05) is 12.8 Å². The van der Waals surface area contributed by atoms with Crippen LogP contribution in [0.15, 0.2) is 0 Å². The topological polar surface area (TPSA) is 52.6 Å². The molecule has 0 aromatic carbocycles. The zero-order valence-corrected chi connectivity index (χ0v) is 9.16. The van der Waals surface area contributed by atoms with Crippen molar-refractivity contribution in [2.75, 3.05) is 19.8 Å². The van der Waals surface area contributed by atoms with E-state index in [2.05, 4.69) is 4.74 Å². The summed E-state index contributed by atoms with van der Waals surface area (Å²) in [6, 6.07) is 0. The summed E-state index contributed by atoms with van der Waals surface area (Å²) >= 11 is 0. The number of Topliss-reactive ketones (excluding diaryl/α,β-unsaturated/α-hetero) is 1. The number of hydrogen-bond acceptors (Lipinski definition) is 4. The normalized spacial score (nSPS) is 15.0. The molecule has 15 heavy (non-hydrogen) atoms. The van der Waals surface area contributed by atoms with Gasteiger partial charge in [0.1, 0.15) is 13.0 Å². The van der Waals surface area contributed by atoms with E-state index in [-0.39, 0.29) is 18.8 Å². The van der Waals surface area contributed by atoms with Gasteiger partial charge in [-0.2, -0.15) is 0 Å². The van der Waals surface area contributed by atoms with Crippen LogP contribution < -0.4 is 0 Å². The van der Waals surface area contributed by atoms with E-state index in [0.717, 1.165) is 12.3 Å². The Hall–Kier alpha value is -0.900. The molecule has 0 aromatic rings. The molecule has 0 N–H and O–H groups in total. The van der Waals surface area contributed by atoms with Crippen LogP contribution in [0.3, 0.4) is 0 Å². The Morgan fingerprint density at radius 3 is 2.67 bits per heavy atom. The van der Waals surface area contributed by atoms with Crippen molar-refractivity contribution in [3.63, 3.8) is 0 Å². The molecule has 1 aliphatic carbocycles. The van der Waals surface area contributed by atoms with Crippen LogP contribution >= 0.6 is 0 Å². The number of esters is 1. The average Bonchev–Trinajstić information content (AvgIpc) is 2.96. The van der Waals surface area contributed by atoms with Crippen molar-refractivity contribution >= 4 is 11.8 Å². The smallest absolute Gasteiger partial charge is 0.313 e. The summed E-state index contributed by atoms with van der Waals surface area (Å²) < 4.78 is 9.82. The molecule has 0 spiro atoms. The lowest BCUT2D eigenvalue weighted by atomic mass is 10.3. The SMILES string of the molecule is CCOC(=O)CC(=O)COCCC1CC1. The first kappa shape index (κ1) is 12.2. The molecule has 1 aliphatic rings. The largest absolute Gasteiger partial charge is 0.466 e. The van der Waals surface area contributed by atoms with E-state index in [1.807, 2.05) is 0 Å². The predicted octanol–water partition coefficient (Wildman–Crippen LogP) is 1.33. The Balaban J connectivity index is 1.94. The van der Waals surface area contributed by atoms with E-state index in [1.165, 1.54) is 12.8 Å². The zero-order valence-electron chi connectivity index (χ0n) is 9.16. The second-order valence-electron chi connectivity index (χ2n) is 3.81. The number of carbonyl (C=O) groups is 2. The number of ether oxygens (including phenoxy) is 2. The molecule has 0 heterocycles. The highest BCUT2D eigenvalue weighted by atomic mass is 16.5. The predicted molar refractivity (Wildman–Crippen MR) is 54.4 cm³/mol. The highest BCUT2D eigenvalue weighted by molar-refractivity contribution is 5.96. The van der Waals surface area contributed by atoms with Crippen molar-refractivity contribution in [3.05, 3.63) is 0 Å². The van der Waals surface area contributed by atoms with Gasteiger partial charge in [-0.15, -0.1) is 0 Å². The minimum Gasteiger partial charge on any atom is -0.466 e. The molecule has 4 heteroatoms. The first-order valence-electron chi connectivity index (χ1n) is 5.47. The van der Waals surface area contributed by atoms with E-state index >= 15 is 0 Å². The molecule has 1 fully saturated rings. The molecule has 1 rings (SSSR count). The van der Waals surface area contributed by atoms with Crippen molar-refractivity contribution in [1.82, 2.24) is 0 Å². The molecule has 0 radical (unpaired) electrons. The molecule has 0 aromatic heterocycles. The molecule has 0 saturated heterocycles. The maximum Gasteiger partial charge on any atom is 0.313 e. The summed E-state index contributed by atoms with van der Waals surface area (Å²) in [5.41, 5.74) is 0. The molecule has 86 valence electrons. The fourth-order valence-electron chi connectivity index (χ4n) is 1.27. The van der Waals surface area contributed by atoms with Crippen molar-refractivity contribution in [2.24, 2.45) is 5.92 Å². The molecule has 1 saturated carbocycles. The fourth-order valence-corrected chi connectivity index (χ4v) is 1.27. The number of carbonyl (C=O) groups excluding carboxylic acids is 2. The summed E-state index contributed by atoms with van der Waals surface area (Å²) in [6.07, 6.45) is 3.45. The minimum atomic E-state index is -0.465. The van der Waals surface area contributed by atoms with Crippen LogP contribution in [-0.2, 0) is 19.1 Å². The Kier molecular flexibility index (Phi) is 5.32. The van der Waals surface area contributed by atoms with Crippen LogP contribution in [-0.4, -0.2) is 31.6 Å². The lowest BCUT2D eigenvalue weighted by Crippen LogP contribution is -2.16. The lowest BCUT2D eigenvalue weighted by Gasteiger charge is -2.03. The summed E-state index contributed by atoms with van der Waals surface area (Å²) in [6.45, 7) is 2.69. The van der Waals surface area contributed by atoms with Crippen LogP contribution in [0.25, 0.3) is 0 Å². The third-order valence-corrected chi connectivity index (χ3v) is 2.28. The molecule has 0 bridgehead atoms. The van der Waals surface area contributed by atoms with Crippen molar-refractivity contribution in [1.29, 1.82) is 0 Å². The van der Waals surface area contributed by atoms with E-state index in [1.54, 1.807) is 6.92 Å². The van der Waals surface area contributed by atoms with Crippen LogP contribution in [0.5, 0.6) is 0 Å². The number of ketones is 1. The lowest BCUT2D eigenvalue weighted by molar-refractivity contribution is -0.146. The summed E-state index contributed by atoms with van der Waals surface area (Å²) in [7, 11) is 0. The Labute approximate surface area is 89.9 Å². The molecule has 0 unspecified atom stereocenters. The van der Waals surface area contributed by atoms with Gasteiger partial charge in [-0.05, 0) is 19.3 Å². The second kappa shape index (κ2) is 6.56. The average molecular weight is 214 g/mol. The van der Waals surface area contributed by atoms with Crippen LogP contribution in [0.1, 0.15) is 32.6 Å². The van der Waals surface area contributed by atoms with Crippen LogP contribution in [0, 0.1) is 5.92 Å². The summed E-state index contributed by atoms with van der Waals surface area (Å²) in [5.74, 6) is 0.141. The summed E-state index contributed by atoms with van der Waals surface area (Å²) in [4.78, 5) is 22.1. The first-order valence-corrected chi connectivity index (χ1v) is 5.47. The molecule has 4 nitrogen and oxygen atoms in total. The monoisotopic (exact) mass is 214 g/mol. The Bertz CT molecular complexity index is 221. The molecular formula is C11H18O4. The van der Waals surface area contributed by atoms with Crippen molar-refractivity contribution in [3.8, 4) is 0 Å². The van der Waals surface area contributed by atoms with Crippen LogP contribution in [0.2, 0.25) is 0 Å². The van der Waals surface area contributed by atoms with Gasteiger partial charge in [0.2, 0.25) is 0 Å².